The van der Waals surface area contributed by atoms with Crippen LogP contribution in [0.15, 0.2) is 35.3 Å². The van der Waals surface area contributed by atoms with E-state index in [4.69, 9.17) is 4.99 Å². The van der Waals surface area contributed by atoms with Crippen LogP contribution in [0.25, 0.3) is 0 Å². The summed E-state index contributed by atoms with van der Waals surface area (Å²) in [6.07, 6.45) is 9.96. The van der Waals surface area contributed by atoms with E-state index < -0.39 is 0 Å². The molecule has 0 saturated heterocycles. The maximum atomic E-state index is 4.87. The van der Waals surface area contributed by atoms with E-state index in [0.29, 0.717) is 24.5 Å². The lowest BCUT2D eigenvalue weighted by Crippen LogP contribution is -2.47. The molecule has 29 heavy (non-hydrogen) atoms. The Balaban J connectivity index is 1.37. The minimum atomic E-state index is 0.490. The SMILES string of the molecule is Cc1nnc(CN=C(NC2CCCC2)NC2CCC(c3ccccc3)CC2)n1C. The summed E-state index contributed by atoms with van der Waals surface area (Å²) < 4.78 is 2.02. The standard InChI is InChI=1S/C23H34N6/c1-17-27-28-22(29(17)2)16-24-23(25-20-10-6-7-11-20)26-21-14-12-19(13-15-21)18-8-4-3-5-9-18/h3-5,8-9,19-21H,6-7,10-16H2,1-2H3,(H2,24,25,26). The highest BCUT2D eigenvalue weighted by Crippen LogP contribution is 2.32. The van der Waals surface area contributed by atoms with Gasteiger partial charge >= 0.3 is 0 Å². The van der Waals surface area contributed by atoms with Crippen molar-refractivity contribution in [3.63, 3.8) is 0 Å². The van der Waals surface area contributed by atoms with E-state index in [-0.39, 0.29) is 0 Å². The molecule has 0 aliphatic heterocycles. The van der Waals surface area contributed by atoms with Crippen molar-refractivity contribution >= 4 is 5.96 Å². The third kappa shape index (κ3) is 5.17. The number of nitrogens with one attached hydrogen (secondary N) is 2. The highest BCUT2D eigenvalue weighted by Gasteiger charge is 2.24. The van der Waals surface area contributed by atoms with Crippen molar-refractivity contribution in [3.05, 3.63) is 47.5 Å². The number of hydrogen-bond donors (Lipinski definition) is 2. The number of rotatable bonds is 5. The number of aromatic nitrogens is 3. The largest absolute Gasteiger partial charge is 0.354 e. The van der Waals surface area contributed by atoms with E-state index in [1.807, 2.05) is 18.5 Å². The minimum absolute atomic E-state index is 0.490. The summed E-state index contributed by atoms with van der Waals surface area (Å²) in [5.74, 6) is 3.47. The Labute approximate surface area is 174 Å². The smallest absolute Gasteiger partial charge is 0.192 e. The molecule has 0 atom stereocenters. The lowest BCUT2D eigenvalue weighted by Gasteiger charge is -2.31. The number of benzene rings is 1. The first kappa shape index (κ1) is 19.9. The molecule has 2 aromatic rings. The van der Waals surface area contributed by atoms with Crippen molar-refractivity contribution in [2.75, 3.05) is 0 Å². The molecule has 1 aromatic heterocycles. The zero-order valence-corrected chi connectivity index (χ0v) is 17.8. The summed E-state index contributed by atoms with van der Waals surface area (Å²) in [7, 11) is 2.00. The average Bonchev–Trinajstić information content (AvgIpc) is 3.38. The molecule has 6 heteroatoms. The quantitative estimate of drug-likeness (QED) is 0.597. The monoisotopic (exact) mass is 394 g/mol. The Morgan fingerprint density at radius 3 is 2.24 bits per heavy atom. The van der Waals surface area contributed by atoms with Crippen molar-refractivity contribution in [2.24, 2.45) is 12.0 Å². The van der Waals surface area contributed by atoms with Crippen molar-refractivity contribution in [2.45, 2.75) is 82.8 Å². The fourth-order valence-electron chi connectivity index (χ4n) is 4.62. The summed E-state index contributed by atoms with van der Waals surface area (Å²) in [4.78, 5) is 4.87. The molecule has 0 unspecified atom stereocenters. The second-order valence-electron chi connectivity index (χ2n) is 8.62. The molecule has 0 spiro atoms. The molecule has 1 aromatic carbocycles. The highest BCUT2D eigenvalue weighted by molar-refractivity contribution is 5.80. The van der Waals surface area contributed by atoms with Crippen molar-refractivity contribution in [3.8, 4) is 0 Å². The molecule has 2 fully saturated rings. The molecule has 4 rings (SSSR count). The van der Waals surface area contributed by atoms with Gasteiger partial charge in [0.2, 0.25) is 0 Å². The van der Waals surface area contributed by atoms with Gasteiger partial charge in [0.05, 0.1) is 0 Å². The first-order valence-electron chi connectivity index (χ1n) is 11.2. The molecular formula is C23H34N6. The topological polar surface area (TPSA) is 67.1 Å². The van der Waals surface area contributed by atoms with Gasteiger partial charge in [-0.05, 0) is 56.9 Å². The number of aliphatic imine (C=N–C) groups is 1. The molecule has 0 amide bonds. The Hall–Kier alpha value is -2.37. The van der Waals surface area contributed by atoms with Gasteiger partial charge < -0.3 is 15.2 Å². The Bertz CT molecular complexity index is 798. The van der Waals surface area contributed by atoms with E-state index in [2.05, 4.69) is 51.2 Å². The van der Waals surface area contributed by atoms with Crippen LogP contribution in [0.5, 0.6) is 0 Å². The lowest BCUT2D eigenvalue weighted by molar-refractivity contribution is 0.369. The second kappa shape index (κ2) is 9.42. The van der Waals surface area contributed by atoms with Gasteiger partial charge in [0.15, 0.2) is 11.8 Å². The molecule has 2 saturated carbocycles. The summed E-state index contributed by atoms with van der Waals surface area (Å²) >= 11 is 0. The molecule has 2 aliphatic carbocycles. The molecule has 0 bridgehead atoms. The van der Waals surface area contributed by atoms with Crippen LogP contribution in [0, 0.1) is 6.92 Å². The molecule has 156 valence electrons. The van der Waals surface area contributed by atoms with E-state index in [1.165, 1.54) is 56.9 Å². The Morgan fingerprint density at radius 2 is 1.62 bits per heavy atom. The number of guanidine groups is 1. The van der Waals surface area contributed by atoms with Crippen LogP contribution < -0.4 is 10.6 Å². The molecular weight excluding hydrogens is 360 g/mol. The summed E-state index contributed by atoms with van der Waals surface area (Å²) in [6.45, 7) is 2.53. The number of nitrogens with zero attached hydrogens (tertiary/aromatic N) is 4. The second-order valence-corrected chi connectivity index (χ2v) is 8.62. The zero-order chi connectivity index (χ0) is 20.1. The van der Waals surface area contributed by atoms with Gasteiger partial charge in [0.1, 0.15) is 12.4 Å². The van der Waals surface area contributed by atoms with Gasteiger partial charge in [-0.2, -0.15) is 0 Å². The van der Waals surface area contributed by atoms with Crippen molar-refractivity contribution < 1.29 is 0 Å². The molecule has 1 heterocycles. The van der Waals surface area contributed by atoms with E-state index >= 15 is 0 Å². The van der Waals surface area contributed by atoms with Crippen LogP contribution in [0.4, 0.5) is 0 Å². The highest BCUT2D eigenvalue weighted by atomic mass is 15.3. The van der Waals surface area contributed by atoms with Crippen LogP contribution in [0.3, 0.4) is 0 Å². The Morgan fingerprint density at radius 1 is 0.966 bits per heavy atom. The van der Waals surface area contributed by atoms with Gasteiger partial charge in [-0.1, -0.05) is 43.2 Å². The minimum Gasteiger partial charge on any atom is -0.354 e. The first-order valence-corrected chi connectivity index (χ1v) is 11.2. The summed E-state index contributed by atoms with van der Waals surface area (Å²) in [5.41, 5.74) is 1.49. The lowest BCUT2D eigenvalue weighted by atomic mass is 9.82. The Kier molecular flexibility index (Phi) is 6.47. The fourth-order valence-corrected chi connectivity index (χ4v) is 4.62. The van der Waals surface area contributed by atoms with Crippen LogP contribution in [0.2, 0.25) is 0 Å². The normalized spacial score (nSPS) is 23.3. The van der Waals surface area contributed by atoms with Crippen LogP contribution in [-0.4, -0.2) is 32.8 Å². The molecule has 2 aliphatic rings. The molecule has 0 radical (unpaired) electrons. The number of aryl methyl sites for hydroxylation is 1. The summed E-state index contributed by atoms with van der Waals surface area (Å²) in [6, 6.07) is 12.0. The predicted octanol–water partition coefficient (Wildman–Crippen LogP) is 3.83. The van der Waals surface area contributed by atoms with Gasteiger partial charge in [-0.15, -0.1) is 10.2 Å². The third-order valence-electron chi connectivity index (χ3n) is 6.60. The molecule has 2 N–H and O–H groups in total. The van der Waals surface area contributed by atoms with E-state index in [0.717, 1.165) is 17.6 Å². The van der Waals surface area contributed by atoms with Gasteiger partial charge in [-0.25, -0.2) is 4.99 Å². The fraction of sp³-hybridized carbons (Fsp3) is 0.609. The van der Waals surface area contributed by atoms with E-state index in [1.54, 1.807) is 0 Å². The molecule has 6 nitrogen and oxygen atoms in total. The van der Waals surface area contributed by atoms with Crippen molar-refractivity contribution in [1.29, 1.82) is 0 Å². The van der Waals surface area contributed by atoms with Gasteiger partial charge in [0.25, 0.3) is 0 Å². The van der Waals surface area contributed by atoms with E-state index in [9.17, 15) is 0 Å². The first-order chi connectivity index (χ1) is 14.2. The maximum Gasteiger partial charge on any atom is 0.192 e. The van der Waals surface area contributed by atoms with Crippen LogP contribution in [-0.2, 0) is 13.6 Å². The number of hydrogen-bond acceptors (Lipinski definition) is 3. The van der Waals surface area contributed by atoms with Gasteiger partial charge in [0, 0.05) is 19.1 Å². The summed E-state index contributed by atoms with van der Waals surface area (Å²) in [5, 5.41) is 15.8. The van der Waals surface area contributed by atoms with Crippen LogP contribution >= 0.6 is 0 Å². The zero-order valence-electron chi connectivity index (χ0n) is 17.8. The van der Waals surface area contributed by atoms with Crippen LogP contribution in [0.1, 0.15) is 74.5 Å². The predicted molar refractivity (Wildman–Crippen MR) is 117 cm³/mol. The average molecular weight is 395 g/mol. The maximum absolute atomic E-state index is 4.87. The third-order valence-corrected chi connectivity index (χ3v) is 6.60. The van der Waals surface area contributed by atoms with Gasteiger partial charge in [-0.3, -0.25) is 0 Å². The van der Waals surface area contributed by atoms with Crippen molar-refractivity contribution in [1.82, 2.24) is 25.4 Å².